The first-order valence-electron chi connectivity index (χ1n) is 10.8. The fourth-order valence-corrected chi connectivity index (χ4v) is 3.88. The molecule has 6 nitrogen and oxygen atoms in total. The van der Waals surface area contributed by atoms with Gasteiger partial charge in [0.2, 0.25) is 0 Å². The number of anilines is 2. The van der Waals surface area contributed by atoms with Crippen LogP contribution >= 0.6 is 0 Å². The van der Waals surface area contributed by atoms with Gasteiger partial charge >= 0.3 is 0 Å². The minimum Gasteiger partial charge on any atom is -0.497 e. The highest BCUT2D eigenvalue weighted by Crippen LogP contribution is 2.19. The SMILES string of the molecule is COc1ccc(CN2CCCN(c3ccc(NC(=O)c4cc(F)cc(F)c4)cn3)CC2)cc1. The average Bonchev–Trinajstić information content (AvgIpc) is 3.05. The molecule has 172 valence electrons. The van der Waals surface area contributed by atoms with Crippen molar-refractivity contribution in [3.05, 3.63) is 83.6 Å². The Morgan fingerprint density at radius 3 is 2.42 bits per heavy atom. The van der Waals surface area contributed by atoms with Gasteiger partial charge in [0, 0.05) is 44.4 Å². The van der Waals surface area contributed by atoms with E-state index in [-0.39, 0.29) is 5.56 Å². The molecule has 0 saturated carbocycles. The normalized spacial score (nSPS) is 14.6. The van der Waals surface area contributed by atoms with E-state index >= 15 is 0 Å². The minimum atomic E-state index is -0.796. The van der Waals surface area contributed by atoms with E-state index in [1.54, 1.807) is 19.4 Å². The van der Waals surface area contributed by atoms with Gasteiger partial charge < -0.3 is 15.0 Å². The van der Waals surface area contributed by atoms with Crippen molar-refractivity contribution in [1.82, 2.24) is 9.88 Å². The molecule has 2 aromatic carbocycles. The molecule has 0 unspecified atom stereocenters. The molecule has 8 heteroatoms. The number of hydrogen-bond acceptors (Lipinski definition) is 5. The van der Waals surface area contributed by atoms with Crippen molar-refractivity contribution in [2.75, 3.05) is 43.5 Å². The Hall–Kier alpha value is -3.52. The molecular formula is C25H26F2N4O2. The molecule has 33 heavy (non-hydrogen) atoms. The van der Waals surface area contributed by atoms with Crippen molar-refractivity contribution in [3.8, 4) is 5.75 Å². The largest absolute Gasteiger partial charge is 0.497 e. The Bertz CT molecular complexity index is 1070. The highest BCUT2D eigenvalue weighted by molar-refractivity contribution is 6.04. The second-order valence-corrected chi connectivity index (χ2v) is 7.98. The first-order valence-corrected chi connectivity index (χ1v) is 10.8. The first kappa shape index (κ1) is 22.7. The van der Waals surface area contributed by atoms with E-state index in [1.165, 1.54) is 5.56 Å². The highest BCUT2D eigenvalue weighted by Gasteiger charge is 2.17. The van der Waals surface area contributed by atoms with Crippen LogP contribution in [0.1, 0.15) is 22.3 Å². The van der Waals surface area contributed by atoms with Crippen molar-refractivity contribution >= 4 is 17.4 Å². The van der Waals surface area contributed by atoms with E-state index < -0.39 is 17.5 Å². The smallest absolute Gasteiger partial charge is 0.255 e. The van der Waals surface area contributed by atoms with Crippen molar-refractivity contribution in [1.29, 1.82) is 0 Å². The Balaban J connectivity index is 1.33. The fraction of sp³-hybridized carbons (Fsp3) is 0.280. The van der Waals surface area contributed by atoms with Gasteiger partial charge in [0.15, 0.2) is 0 Å². The summed E-state index contributed by atoms with van der Waals surface area (Å²) in [5, 5.41) is 2.63. The van der Waals surface area contributed by atoms with Gasteiger partial charge in [-0.1, -0.05) is 12.1 Å². The number of pyridine rings is 1. The quantitative estimate of drug-likeness (QED) is 0.603. The molecular weight excluding hydrogens is 426 g/mol. The fourth-order valence-electron chi connectivity index (χ4n) is 3.88. The summed E-state index contributed by atoms with van der Waals surface area (Å²) in [5.74, 6) is -0.496. The van der Waals surface area contributed by atoms with Crippen LogP contribution in [0.4, 0.5) is 20.3 Å². The molecule has 0 radical (unpaired) electrons. The lowest BCUT2D eigenvalue weighted by Crippen LogP contribution is -2.30. The minimum absolute atomic E-state index is 0.0824. The Kier molecular flexibility index (Phi) is 7.14. The standard InChI is InChI=1S/C25H26F2N4O2/c1-33-23-6-3-18(4-7-23)17-30-9-2-10-31(12-11-30)24-8-5-22(16-28-24)29-25(32)19-13-20(26)15-21(27)14-19/h3-8,13-16H,2,9-12,17H2,1H3,(H,29,32). The van der Waals surface area contributed by atoms with Crippen molar-refractivity contribution < 1.29 is 18.3 Å². The van der Waals surface area contributed by atoms with E-state index in [9.17, 15) is 13.6 Å². The van der Waals surface area contributed by atoms with Crippen LogP contribution in [0.2, 0.25) is 0 Å². The lowest BCUT2D eigenvalue weighted by atomic mass is 10.2. The van der Waals surface area contributed by atoms with Gasteiger partial charge in [0.05, 0.1) is 19.0 Å². The van der Waals surface area contributed by atoms with Crippen LogP contribution in [0.3, 0.4) is 0 Å². The third kappa shape index (κ3) is 6.04. The molecule has 1 fully saturated rings. The molecule has 1 saturated heterocycles. The zero-order valence-corrected chi connectivity index (χ0v) is 18.4. The maximum absolute atomic E-state index is 13.4. The predicted octanol–water partition coefficient (Wildman–Crippen LogP) is 4.33. The summed E-state index contributed by atoms with van der Waals surface area (Å²) in [5.41, 5.74) is 1.63. The zero-order chi connectivity index (χ0) is 23.2. The molecule has 1 aromatic heterocycles. The number of amides is 1. The number of methoxy groups -OCH3 is 1. The van der Waals surface area contributed by atoms with E-state index in [2.05, 4.69) is 32.2 Å². The predicted molar refractivity (Wildman–Crippen MR) is 124 cm³/mol. The molecule has 1 N–H and O–H groups in total. The van der Waals surface area contributed by atoms with Gasteiger partial charge in [-0.05, 0) is 48.4 Å². The molecule has 1 amide bonds. The number of nitrogens with one attached hydrogen (secondary N) is 1. The third-order valence-electron chi connectivity index (χ3n) is 5.61. The summed E-state index contributed by atoms with van der Waals surface area (Å²) in [4.78, 5) is 21.4. The van der Waals surface area contributed by atoms with Gasteiger partial charge in [-0.2, -0.15) is 0 Å². The third-order valence-corrected chi connectivity index (χ3v) is 5.61. The number of rotatable bonds is 6. The molecule has 3 aromatic rings. The van der Waals surface area contributed by atoms with Crippen LogP contribution < -0.4 is 15.0 Å². The zero-order valence-electron chi connectivity index (χ0n) is 18.4. The number of halogens is 2. The summed E-state index contributed by atoms with van der Waals surface area (Å²) in [7, 11) is 1.67. The summed E-state index contributed by atoms with van der Waals surface area (Å²) in [6.45, 7) is 4.53. The number of carbonyl (C=O) groups is 1. The van der Waals surface area contributed by atoms with Gasteiger partial charge in [-0.25, -0.2) is 13.8 Å². The van der Waals surface area contributed by atoms with E-state index in [0.29, 0.717) is 5.69 Å². The topological polar surface area (TPSA) is 57.7 Å². The molecule has 2 heterocycles. The number of ether oxygens (including phenoxy) is 1. The number of benzene rings is 2. The molecule has 4 rings (SSSR count). The number of hydrogen-bond donors (Lipinski definition) is 1. The molecule has 0 spiro atoms. The van der Waals surface area contributed by atoms with Crippen molar-refractivity contribution in [2.24, 2.45) is 0 Å². The van der Waals surface area contributed by atoms with E-state index in [0.717, 1.165) is 68.9 Å². The number of carbonyl (C=O) groups excluding carboxylic acids is 1. The van der Waals surface area contributed by atoms with Crippen LogP contribution in [-0.2, 0) is 6.54 Å². The van der Waals surface area contributed by atoms with E-state index in [4.69, 9.17) is 4.74 Å². The summed E-state index contributed by atoms with van der Waals surface area (Å²) in [6, 6.07) is 14.5. The van der Waals surface area contributed by atoms with E-state index in [1.807, 2.05) is 18.2 Å². The molecule has 0 atom stereocenters. The lowest BCUT2D eigenvalue weighted by Gasteiger charge is -2.23. The second kappa shape index (κ2) is 10.4. The molecule has 0 aliphatic carbocycles. The number of aromatic nitrogens is 1. The summed E-state index contributed by atoms with van der Waals surface area (Å²) < 4.78 is 31.9. The Morgan fingerprint density at radius 1 is 1.00 bits per heavy atom. The van der Waals surface area contributed by atoms with Crippen LogP contribution in [-0.4, -0.2) is 49.1 Å². The maximum atomic E-state index is 13.4. The number of nitrogens with zero attached hydrogens (tertiary/aromatic N) is 3. The van der Waals surface area contributed by atoms with Crippen LogP contribution in [0, 0.1) is 11.6 Å². The van der Waals surface area contributed by atoms with Crippen molar-refractivity contribution in [3.63, 3.8) is 0 Å². The van der Waals surface area contributed by atoms with Gasteiger partial charge in [0.25, 0.3) is 5.91 Å². The highest BCUT2D eigenvalue weighted by atomic mass is 19.1. The maximum Gasteiger partial charge on any atom is 0.255 e. The van der Waals surface area contributed by atoms with Gasteiger partial charge in [-0.3, -0.25) is 9.69 Å². The average molecular weight is 453 g/mol. The lowest BCUT2D eigenvalue weighted by molar-refractivity contribution is 0.102. The van der Waals surface area contributed by atoms with Gasteiger partial charge in [-0.15, -0.1) is 0 Å². The monoisotopic (exact) mass is 452 g/mol. The van der Waals surface area contributed by atoms with Crippen LogP contribution in [0.15, 0.2) is 60.8 Å². The van der Waals surface area contributed by atoms with Crippen LogP contribution in [0.25, 0.3) is 0 Å². The molecule has 1 aliphatic heterocycles. The van der Waals surface area contributed by atoms with Crippen LogP contribution in [0.5, 0.6) is 5.75 Å². The van der Waals surface area contributed by atoms with Gasteiger partial charge in [0.1, 0.15) is 23.2 Å². The molecule has 1 aliphatic rings. The Labute approximate surface area is 191 Å². The first-order chi connectivity index (χ1) is 16.0. The summed E-state index contributed by atoms with van der Waals surface area (Å²) in [6.07, 6.45) is 2.57. The van der Waals surface area contributed by atoms with Crippen molar-refractivity contribution in [2.45, 2.75) is 13.0 Å². The Morgan fingerprint density at radius 2 is 1.76 bits per heavy atom. The molecule has 0 bridgehead atoms. The second-order valence-electron chi connectivity index (χ2n) is 7.98. The summed E-state index contributed by atoms with van der Waals surface area (Å²) >= 11 is 0.